The summed E-state index contributed by atoms with van der Waals surface area (Å²) in [6.07, 6.45) is -1.82. The van der Waals surface area contributed by atoms with Gasteiger partial charge >= 0.3 is 5.97 Å². The highest BCUT2D eigenvalue weighted by molar-refractivity contribution is 7.89. The van der Waals surface area contributed by atoms with Crippen LogP contribution in [0.1, 0.15) is 5.56 Å². The highest BCUT2D eigenvalue weighted by Gasteiger charge is 2.43. The number of hydrogen-bond donors (Lipinski definition) is 2. The van der Waals surface area contributed by atoms with E-state index >= 15 is 0 Å². The standard InChI is InChI=1S/C15H10Cl2N4O8S/c16-8-3-11(17)13-12(4-8)18-14(15(22)23)19(30(13,28)29)6-7-1-9(20(24)25)5-10(2-7)21(26)27/h1-5,14,18H,6H2,(H,22,23). The van der Waals surface area contributed by atoms with E-state index < -0.39 is 54.8 Å². The van der Waals surface area contributed by atoms with Crippen LogP contribution in [0.2, 0.25) is 10.0 Å². The fraction of sp³-hybridized carbons (Fsp3) is 0.133. The zero-order valence-corrected chi connectivity index (χ0v) is 16.8. The molecule has 2 aromatic rings. The van der Waals surface area contributed by atoms with Crippen molar-refractivity contribution in [3.8, 4) is 0 Å². The van der Waals surface area contributed by atoms with Gasteiger partial charge in [0.25, 0.3) is 11.4 Å². The van der Waals surface area contributed by atoms with Gasteiger partial charge in [-0.1, -0.05) is 23.2 Å². The molecule has 158 valence electrons. The van der Waals surface area contributed by atoms with E-state index in [1.807, 2.05) is 0 Å². The average molecular weight is 477 g/mol. The quantitative estimate of drug-likeness (QED) is 0.485. The average Bonchev–Trinajstić information content (AvgIpc) is 2.62. The highest BCUT2D eigenvalue weighted by atomic mass is 35.5. The molecule has 1 aliphatic heterocycles. The minimum Gasteiger partial charge on any atom is -0.479 e. The van der Waals surface area contributed by atoms with E-state index in [4.69, 9.17) is 23.2 Å². The molecule has 15 heteroatoms. The van der Waals surface area contributed by atoms with Gasteiger partial charge < -0.3 is 10.4 Å². The van der Waals surface area contributed by atoms with Crippen molar-refractivity contribution >= 4 is 56.3 Å². The summed E-state index contributed by atoms with van der Waals surface area (Å²) in [5.74, 6) is -1.58. The Bertz CT molecular complexity index is 1170. The second-order valence-corrected chi connectivity index (χ2v) is 8.74. The SMILES string of the molecule is O=C(O)C1Nc2cc(Cl)cc(Cl)c2S(=O)(=O)N1Cc1cc([N+](=O)[O-])cc([N+](=O)[O-])c1. The Morgan fingerprint density at radius 1 is 1.10 bits per heavy atom. The molecule has 2 aromatic carbocycles. The van der Waals surface area contributed by atoms with E-state index in [1.165, 1.54) is 6.07 Å². The molecule has 1 atom stereocenters. The molecule has 0 aliphatic carbocycles. The van der Waals surface area contributed by atoms with Gasteiger partial charge in [-0.3, -0.25) is 20.2 Å². The fourth-order valence-corrected chi connectivity index (χ4v) is 5.37. The van der Waals surface area contributed by atoms with Gasteiger partial charge in [0.2, 0.25) is 10.0 Å². The number of nitro groups is 2. The summed E-state index contributed by atoms with van der Waals surface area (Å²) in [7, 11) is -4.53. The molecule has 0 radical (unpaired) electrons. The molecule has 1 aliphatic rings. The number of hydrogen-bond acceptors (Lipinski definition) is 8. The molecule has 1 unspecified atom stereocenters. The normalized spacial score (nSPS) is 17.6. The number of non-ortho nitro benzene ring substituents is 2. The molecule has 0 saturated carbocycles. The van der Waals surface area contributed by atoms with Crippen molar-refractivity contribution in [1.82, 2.24) is 4.31 Å². The molecule has 0 fully saturated rings. The van der Waals surface area contributed by atoms with E-state index in [9.17, 15) is 38.5 Å². The number of nitrogens with one attached hydrogen (secondary N) is 1. The Kier molecular flexibility index (Phi) is 5.56. The van der Waals surface area contributed by atoms with Crippen LogP contribution in [0.15, 0.2) is 35.2 Å². The lowest BCUT2D eigenvalue weighted by Gasteiger charge is -2.35. The van der Waals surface area contributed by atoms with Crippen LogP contribution in [0.5, 0.6) is 0 Å². The number of nitro benzene ring substituents is 2. The number of anilines is 1. The van der Waals surface area contributed by atoms with Crippen molar-refractivity contribution < 1.29 is 28.2 Å². The van der Waals surface area contributed by atoms with E-state index in [0.29, 0.717) is 10.4 Å². The summed E-state index contributed by atoms with van der Waals surface area (Å²) >= 11 is 11.9. The summed E-state index contributed by atoms with van der Waals surface area (Å²) in [4.78, 5) is 31.7. The maximum Gasteiger partial charge on any atom is 0.342 e. The van der Waals surface area contributed by atoms with Gasteiger partial charge in [-0.2, -0.15) is 4.31 Å². The largest absolute Gasteiger partial charge is 0.479 e. The number of sulfonamides is 1. The van der Waals surface area contributed by atoms with E-state index in [-0.39, 0.29) is 21.3 Å². The molecular formula is C15H10Cl2N4O8S. The first kappa shape index (κ1) is 21.7. The van der Waals surface area contributed by atoms with Crippen LogP contribution in [0.25, 0.3) is 0 Å². The molecular weight excluding hydrogens is 467 g/mol. The van der Waals surface area contributed by atoms with Crippen LogP contribution in [0.4, 0.5) is 17.1 Å². The van der Waals surface area contributed by atoms with Crippen molar-refractivity contribution in [3.63, 3.8) is 0 Å². The number of rotatable bonds is 5. The van der Waals surface area contributed by atoms with Gasteiger partial charge in [-0.25, -0.2) is 13.2 Å². The number of carbonyl (C=O) groups is 1. The van der Waals surface area contributed by atoms with Crippen LogP contribution in [-0.2, 0) is 21.4 Å². The zero-order valence-electron chi connectivity index (χ0n) is 14.5. The molecule has 1 heterocycles. The second kappa shape index (κ2) is 7.68. The Morgan fingerprint density at radius 2 is 1.67 bits per heavy atom. The number of benzene rings is 2. The molecule has 3 rings (SSSR count). The van der Waals surface area contributed by atoms with E-state index in [1.54, 1.807) is 0 Å². The first-order valence-electron chi connectivity index (χ1n) is 7.85. The molecule has 30 heavy (non-hydrogen) atoms. The number of halogens is 2. The third-order valence-corrected chi connectivity index (χ3v) is 6.65. The first-order chi connectivity index (χ1) is 13.9. The van der Waals surface area contributed by atoms with Crippen LogP contribution >= 0.6 is 23.2 Å². The number of carboxylic acid groups (broad SMARTS) is 1. The zero-order chi connectivity index (χ0) is 22.4. The van der Waals surface area contributed by atoms with Gasteiger partial charge in [0.05, 0.1) is 26.6 Å². The first-order valence-corrected chi connectivity index (χ1v) is 10.0. The maximum absolute atomic E-state index is 13.1. The van der Waals surface area contributed by atoms with E-state index in [0.717, 1.165) is 18.2 Å². The highest BCUT2D eigenvalue weighted by Crippen LogP contribution is 2.40. The lowest BCUT2D eigenvalue weighted by molar-refractivity contribution is -0.394. The van der Waals surface area contributed by atoms with Crippen LogP contribution in [0, 0.1) is 20.2 Å². The van der Waals surface area contributed by atoms with Crippen molar-refractivity contribution in [3.05, 3.63) is 66.2 Å². The number of fused-ring (bicyclic) bond motifs is 1. The second-order valence-electron chi connectivity index (χ2n) is 6.07. The fourth-order valence-electron chi connectivity index (χ4n) is 2.90. The van der Waals surface area contributed by atoms with Crippen LogP contribution in [-0.4, -0.2) is 39.8 Å². The van der Waals surface area contributed by atoms with Gasteiger partial charge in [-0.15, -0.1) is 0 Å². The monoisotopic (exact) mass is 476 g/mol. The van der Waals surface area contributed by atoms with Gasteiger partial charge in [0, 0.05) is 23.7 Å². The number of aliphatic carboxylic acids is 1. The number of nitrogens with zero attached hydrogens (tertiary/aromatic N) is 3. The summed E-state index contributed by atoms with van der Waals surface area (Å²) in [5.41, 5.74) is -1.61. The Morgan fingerprint density at radius 3 is 2.17 bits per heavy atom. The molecule has 0 spiro atoms. The predicted molar refractivity (Wildman–Crippen MR) is 104 cm³/mol. The number of carboxylic acids is 1. The smallest absolute Gasteiger partial charge is 0.342 e. The summed E-state index contributed by atoms with van der Waals surface area (Å²) in [5, 5.41) is 33.9. The Hall–Kier alpha value is -3.00. The lowest BCUT2D eigenvalue weighted by atomic mass is 10.1. The molecule has 0 saturated heterocycles. The molecule has 0 amide bonds. The third-order valence-electron chi connectivity index (χ3n) is 4.11. The lowest BCUT2D eigenvalue weighted by Crippen LogP contribution is -2.52. The molecule has 2 N–H and O–H groups in total. The molecule has 0 aromatic heterocycles. The minimum absolute atomic E-state index is 0.0633. The van der Waals surface area contributed by atoms with Crippen molar-refractivity contribution in [2.75, 3.05) is 5.32 Å². The topological polar surface area (TPSA) is 173 Å². The van der Waals surface area contributed by atoms with Gasteiger partial charge in [0.1, 0.15) is 4.90 Å². The van der Waals surface area contributed by atoms with E-state index in [2.05, 4.69) is 5.32 Å². The summed E-state index contributed by atoms with van der Waals surface area (Å²) in [6.45, 7) is -0.715. The minimum atomic E-state index is -4.53. The van der Waals surface area contributed by atoms with Crippen LogP contribution < -0.4 is 5.32 Å². The van der Waals surface area contributed by atoms with Gasteiger partial charge in [0.15, 0.2) is 6.17 Å². The summed E-state index contributed by atoms with van der Waals surface area (Å²) in [6, 6.07) is 4.88. The van der Waals surface area contributed by atoms with Crippen LogP contribution in [0.3, 0.4) is 0 Å². The van der Waals surface area contributed by atoms with Crippen molar-refractivity contribution in [2.45, 2.75) is 17.6 Å². The van der Waals surface area contributed by atoms with Crippen molar-refractivity contribution in [1.29, 1.82) is 0 Å². The maximum atomic E-state index is 13.1. The van der Waals surface area contributed by atoms with Crippen molar-refractivity contribution in [2.24, 2.45) is 0 Å². The third kappa shape index (κ3) is 3.87. The van der Waals surface area contributed by atoms with Gasteiger partial charge in [-0.05, 0) is 17.7 Å². The summed E-state index contributed by atoms with van der Waals surface area (Å²) < 4.78 is 26.7. The molecule has 12 nitrogen and oxygen atoms in total. The Labute approximate surface area is 178 Å². The molecule has 0 bridgehead atoms. The Balaban J connectivity index is 2.16. The predicted octanol–water partition coefficient (Wildman–Crippen LogP) is 2.84.